The zero-order valence-corrected chi connectivity index (χ0v) is 18.7. The molecule has 1 N–H and O–H groups in total. The first-order valence-corrected chi connectivity index (χ1v) is 11.6. The van der Waals surface area contributed by atoms with E-state index >= 15 is 0 Å². The zero-order valence-electron chi connectivity index (χ0n) is 17.9. The van der Waals surface area contributed by atoms with Crippen LogP contribution in [0, 0.1) is 0 Å². The van der Waals surface area contributed by atoms with Gasteiger partial charge < -0.3 is 19.4 Å². The van der Waals surface area contributed by atoms with E-state index < -0.39 is 0 Å². The minimum atomic E-state index is -0.0866. The number of amides is 2. The average molecular weight is 452 g/mol. The lowest BCUT2D eigenvalue weighted by atomic mass is 10.1. The number of aromatic nitrogens is 1. The van der Waals surface area contributed by atoms with Gasteiger partial charge in [-0.05, 0) is 35.4 Å². The Hall–Kier alpha value is -3.26. The van der Waals surface area contributed by atoms with E-state index in [-0.39, 0.29) is 11.8 Å². The fourth-order valence-corrected chi connectivity index (χ4v) is 4.29. The molecule has 1 aliphatic rings. The third-order valence-electron chi connectivity index (χ3n) is 5.24. The van der Waals surface area contributed by atoms with Gasteiger partial charge in [0.05, 0.1) is 13.5 Å². The van der Waals surface area contributed by atoms with E-state index in [9.17, 15) is 9.59 Å². The lowest BCUT2D eigenvalue weighted by Crippen LogP contribution is -2.38. The zero-order chi connectivity index (χ0) is 22.3. The van der Waals surface area contributed by atoms with E-state index in [0.29, 0.717) is 24.6 Å². The number of nitrogens with one attached hydrogen (secondary N) is 1. The van der Waals surface area contributed by atoms with E-state index in [0.717, 1.165) is 47.0 Å². The van der Waals surface area contributed by atoms with Crippen molar-refractivity contribution in [1.82, 2.24) is 15.2 Å². The maximum absolute atomic E-state index is 12.6. The van der Waals surface area contributed by atoms with Crippen LogP contribution in [-0.4, -0.2) is 53.4 Å². The molecule has 2 aromatic carbocycles. The third kappa shape index (κ3) is 5.50. The van der Waals surface area contributed by atoms with Gasteiger partial charge in [-0.2, -0.15) is 11.8 Å². The summed E-state index contributed by atoms with van der Waals surface area (Å²) >= 11 is 1.85. The Balaban J connectivity index is 1.30. The molecule has 0 saturated carbocycles. The second kappa shape index (κ2) is 10.4. The van der Waals surface area contributed by atoms with Crippen LogP contribution in [0.2, 0.25) is 0 Å². The van der Waals surface area contributed by atoms with Crippen molar-refractivity contribution >= 4 is 23.6 Å². The topological polar surface area (TPSA) is 84.7 Å². The number of rotatable bonds is 7. The first-order valence-electron chi connectivity index (χ1n) is 10.4. The highest BCUT2D eigenvalue weighted by Gasteiger charge is 2.22. The Kier molecular flexibility index (Phi) is 7.11. The minimum Gasteiger partial charge on any atom is -0.497 e. The van der Waals surface area contributed by atoms with Crippen LogP contribution >= 0.6 is 11.8 Å². The van der Waals surface area contributed by atoms with Crippen molar-refractivity contribution < 1.29 is 18.7 Å². The van der Waals surface area contributed by atoms with Crippen LogP contribution in [0.4, 0.5) is 0 Å². The SMILES string of the molecule is COc1ccc(CC(=O)NCc2ccc(-c3nc(C(=O)N4CCSCC4)co3)cc2)cc1. The lowest BCUT2D eigenvalue weighted by molar-refractivity contribution is -0.120. The fourth-order valence-electron chi connectivity index (χ4n) is 3.39. The van der Waals surface area contributed by atoms with Gasteiger partial charge in [0, 0.05) is 36.7 Å². The smallest absolute Gasteiger partial charge is 0.275 e. The number of hydrogen-bond donors (Lipinski definition) is 1. The predicted molar refractivity (Wildman–Crippen MR) is 124 cm³/mol. The summed E-state index contributed by atoms with van der Waals surface area (Å²) in [5.41, 5.74) is 3.01. The van der Waals surface area contributed by atoms with Gasteiger partial charge in [0.15, 0.2) is 5.69 Å². The van der Waals surface area contributed by atoms with Crippen LogP contribution in [-0.2, 0) is 17.8 Å². The normalized spacial score (nSPS) is 13.6. The second-order valence-corrected chi connectivity index (χ2v) is 8.67. The summed E-state index contributed by atoms with van der Waals surface area (Å²) in [6.07, 6.45) is 1.73. The molecule has 0 aliphatic carbocycles. The Bertz CT molecular complexity index is 1060. The van der Waals surface area contributed by atoms with Gasteiger partial charge >= 0.3 is 0 Å². The van der Waals surface area contributed by atoms with Crippen molar-refractivity contribution in [2.75, 3.05) is 31.7 Å². The molecule has 32 heavy (non-hydrogen) atoms. The monoisotopic (exact) mass is 451 g/mol. The van der Waals surface area contributed by atoms with Crippen molar-refractivity contribution in [3.63, 3.8) is 0 Å². The fraction of sp³-hybridized carbons (Fsp3) is 0.292. The number of oxazole rings is 1. The molecule has 166 valence electrons. The van der Waals surface area contributed by atoms with E-state index in [1.807, 2.05) is 65.2 Å². The lowest BCUT2D eigenvalue weighted by Gasteiger charge is -2.25. The van der Waals surface area contributed by atoms with Crippen LogP contribution in [0.25, 0.3) is 11.5 Å². The number of methoxy groups -OCH3 is 1. The van der Waals surface area contributed by atoms with Crippen LogP contribution in [0.15, 0.2) is 59.2 Å². The summed E-state index contributed by atoms with van der Waals surface area (Å²) in [6, 6.07) is 15.0. The van der Waals surface area contributed by atoms with Crippen molar-refractivity contribution in [3.8, 4) is 17.2 Å². The van der Waals surface area contributed by atoms with Crippen LogP contribution < -0.4 is 10.1 Å². The molecular formula is C24H25N3O4S. The maximum Gasteiger partial charge on any atom is 0.275 e. The molecule has 1 aromatic heterocycles. The maximum atomic E-state index is 12.6. The number of hydrogen-bond acceptors (Lipinski definition) is 6. The van der Waals surface area contributed by atoms with Crippen molar-refractivity contribution in [1.29, 1.82) is 0 Å². The van der Waals surface area contributed by atoms with E-state index in [1.54, 1.807) is 7.11 Å². The van der Waals surface area contributed by atoms with Crippen molar-refractivity contribution in [2.45, 2.75) is 13.0 Å². The first kappa shape index (κ1) is 22.0. The van der Waals surface area contributed by atoms with E-state index in [4.69, 9.17) is 9.15 Å². The first-order chi connectivity index (χ1) is 15.6. The van der Waals surface area contributed by atoms with Gasteiger partial charge in [0.1, 0.15) is 12.0 Å². The largest absolute Gasteiger partial charge is 0.497 e. The number of carbonyl (C=O) groups excluding carboxylic acids is 2. The Morgan fingerprint density at radius 1 is 1.06 bits per heavy atom. The van der Waals surface area contributed by atoms with Gasteiger partial charge in [0.2, 0.25) is 11.8 Å². The Labute approximate surface area is 191 Å². The van der Waals surface area contributed by atoms with Gasteiger partial charge in [-0.25, -0.2) is 4.98 Å². The van der Waals surface area contributed by atoms with Crippen molar-refractivity contribution in [3.05, 3.63) is 71.6 Å². The number of nitrogens with zero attached hydrogens (tertiary/aromatic N) is 2. The summed E-state index contributed by atoms with van der Waals surface area (Å²) < 4.78 is 10.7. The van der Waals surface area contributed by atoms with Crippen LogP contribution in [0.1, 0.15) is 21.6 Å². The van der Waals surface area contributed by atoms with Gasteiger partial charge in [-0.1, -0.05) is 24.3 Å². The number of ether oxygens (including phenoxy) is 1. The highest BCUT2D eigenvalue weighted by atomic mass is 32.2. The molecule has 0 spiro atoms. The quantitative estimate of drug-likeness (QED) is 0.593. The molecular weight excluding hydrogens is 426 g/mol. The molecule has 0 atom stereocenters. The number of benzene rings is 2. The average Bonchev–Trinajstić information content (AvgIpc) is 3.34. The van der Waals surface area contributed by atoms with Crippen LogP contribution in [0.5, 0.6) is 5.75 Å². The molecule has 0 radical (unpaired) electrons. The Morgan fingerprint density at radius 3 is 2.44 bits per heavy atom. The molecule has 4 rings (SSSR count). The molecule has 3 aromatic rings. The number of thioether (sulfide) groups is 1. The van der Waals surface area contributed by atoms with Crippen molar-refractivity contribution in [2.24, 2.45) is 0 Å². The molecule has 2 amide bonds. The standard InChI is InChI=1S/C24H25N3O4S/c1-30-20-8-4-17(5-9-20)14-22(28)25-15-18-2-6-19(7-3-18)23-26-21(16-31-23)24(29)27-10-12-32-13-11-27/h2-9,16H,10-15H2,1H3,(H,25,28). The molecule has 7 nitrogen and oxygen atoms in total. The predicted octanol–water partition coefficient (Wildman–Crippen LogP) is 3.40. The molecule has 8 heteroatoms. The summed E-state index contributed by atoms with van der Waals surface area (Å²) in [7, 11) is 1.61. The summed E-state index contributed by atoms with van der Waals surface area (Å²) in [5, 5.41) is 2.93. The summed E-state index contributed by atoms with van der Waals surface area (Å²) in [4.78, 5) is 31.0. The van der Waals surface area contributed by atoms with Gasteiger partial charge in [-0.15, -0.1) is 0 Å². The van der Waals surface area contributed by atoms with Gasteiger partial charge in [-0.3, -0.25) is 9.59 Å². The van der Waals surface area contributed by atoms with E-state index in [1.165, 1.54) is 6.26 Å². The molecule has 2 heterocycles. The summed E-state index contributed by atoms with van der Waals surface area (Å²) in [6.45, 7) is 1.91. The Morgan fingerprint density at radius 2 is 1.75 bits per heavy atom. The minimum absolute atomic E-state index is 0.0498. The molecule has 0 bridgehead atoms. The van der Waals surface area contributed by atoms with Crippen LogP contribution in [0.3, 0.4) is 0 Å². The third-order valence-corrected chi connectivity index (χ3v) is 6.18. The highest BCUT2D eigenvalue weighted by Crippen LogP contribution is 2.21. The molecule has 1 saturated heterocycles. The summed E-state index contributed by atoms with van der Waals surface area (Å²) in [5.74, 6) is 2.95. The number of carbonyl (C=O) groups is 2. The van der Waals surface area contributed by atoms with Gasteiger partial charge in [0.25, 0.3) is 5.91 Å². The molecule has 0 unspecified atom stereocenters. The van der Waals surface area contributed by atoms with E-state index in [2.05, 4.69) is 10.3 Å². The highest BCUT2D eigenvalue weighted by molar-refractivity contribution is 7.99. The second-order valence-electron chi connectivity index (χ2n) is 7.44. The molecule has 1 aliphatic heterocycles. The molecule has 1 fully saturated rings.